The number of hydrogen-bond acceptors (Lipinski definition) is 3. The van der Waals surface area contributed by atoms with Gasteiger partial charge in [-0.3, -0.25) is 4.98 Å². The van der Waals surface area contributed by atoms with E-state index in [1.165, 1.54) is 5.56 Å². The van der Waals surface area contributed by atoms with Crippen LogP contribution in [0.15, 0.2) is 47.5 Å². The Morgan fingerprint density at radius 3 is 2.52 bits per heavy atom. The lowest BCUT2D eigenvalue weighted by Crippen LogP contribution is -2.38. The van der Waals surface area contributed by atoms with Crippen LogP contribution in [0.5, 0.6) is 5.75 Å². The molecule has 0 atom stereocenters. The first-order valence-electron chi connectivity index (χ1n) is 8.17. The quantitative estimate of drug-likeness (QED) is 0.412. The van der Waals surface area contributed by atoms with Crippen molar-refractivity contribution in [2.24, 2.45) is 4.99 Å². The molecule has 2 rings (SSSR count). The first-order chi connectivity index (χ1) is 11.6. The maximum Gasteiger partial charge on any atom is 0.194 e. The van der Waals surface area contributed by atoms with E-state index in [1.54, 1.807) is 7.11 Å². The van der Waals surface area contributed by atoms with E-state index in [9.17, 15) is 0 Å². The van der Waals surface area contributed by atoms with Crippen LogP contribution in [0, 0.1) is 6.92 Å². The van der Waals surface area contributed by atoms with Crippen LogP contribution >= 0.6 is 24.0 Å². The van der Waals surface area contributed by atoms with Crippen molar-refractivity contribution >= 4 is 29.9 Å². The Morgan fingerprint density at radius 2 is 1.92 bits per heavy atom. The summed E-state index contributed by atoms with van der Waals surface area (Å²) in [6.07, 6.45) is 0. The molecular weight excluding hydrogens is 427 g/mol. The van der Waals surface area contributed by atoms with Gasteiger partial charge in [-0.25, -0.2) is 4.99 Å². The van der Waals surface area contributed by atoms with Gasteiger partial charge in [0, 0.05) is 25.8 Å². The van der Waals surface area contributed by atoms with Crippen molar-refractivity contribution in [1.29, 1.82) is 0 Å². The van der Waals surface area contributed by atoms with E-state index in [0.29, 0.717) is 6.54 Å². The highest BCUT2D eigenvalue weighted by Gasteiger charge is 2.07. The van der Waals surface area contributed by atoms with Crippen molar-refractivity contribution in [3.63, 3.8) is 0 Å². The molecule has 136 valence electrons. The smallest absolute Gasteiger partial charge is 0.194 e. The number of pyridine rings is 1. The molecule has 0 bridgehead atoms. The third-order valence-electron chi connectivity index (χ3n) is 3.61. The largest absolute Gasteiger partial charge is 0.497 e. The number of nitrogens with one attached hydrogen (secondary N) is 1. The third-order valence-corrected chi connectivity index (χ3v) is 3.61. The standard InChI is InChI=1S/C19H26N4O.HI/c1-5-20-19(21-13-17-8-6-7-15(2)22-17)23(3)14-16-9-11-18(24-4)12-10-16;/h6-12H,5,13-14H2,1-4H3,(H,20,21);1H. The number of guanidine groups is 1. The fraction of sp³-hybridized carbons (Fsp3) is 0.368. The van der Waals surface area contributed by atoms with Crippen LogP contribution in [0.2, 0.25) is 0 Å². The fourth-order valence-electron chi connectivity index (χ4n) is 2.39. The van der Waals surface area contributed by atoms with Gasteiger partial charge in [-0.2, -0.15) is 0 Å². The minimum Gasteiger partial charge on any atom is -0.497 e. The number of ether oxygens (including phenoxy) is 1. The number of hydrogen-bond donors (Lipinski definition) is 1. The minimum absolute atomic E-state index is 0. The molecule has 25 heavy (non-hydrogen) atoms. The summed E-state index contributed by atoms with van der Waals surface area (Å²) in [5.41, 5.74) is 3.19. The molecule has 0 unspecified atom stereocenters. The molecule has 5 nitrogen and oxygen atoms in total. The number of nitrogens with zero attached hydrogens (tertiary/aromatic N) is 3. The zero-order valence-corrected chi connectivity index (χ0v) is 17.7. The van der Waals surface area contributed by atoms with Crippen LogP contribution in [0.3, 0.4) is 0 Å². The van der Waals surface area contributed by atoms with Crippen LogP contribution in [0.25, 0.3) is 0 Å². The number of methoxy groups -OCH3 is 1. The highest BCUT2D eigenvalue weighted by atomic mass is 127. The van der Waals surface area contributed by atoms with Gasteiger partial charge in [0.15, 0.2) is 5.96 Å². The predicted octanol–water partition coefficient (Wildman–Crippen LogP) is 3.61. The van der Waals surface area contributed by atoms with E-state index in [1.807, 2.05) is 44.3 Å². The summed E-state index contributed by atoms with van der Waals surface area (Å²) >= 11 is 0. The lowest BCUT2D eigenvalue weighted by Gasteiger charge is -2.22. The predicted molar refractivity (Wildman–Crippen MR) is 114 cm³/mol. The van der Waals surface area contributed by atoms with Gasteiger partial charge < -0.3 is 15.0 Å². The number of aryl methyl sites for hydroxylation is 1. The molecule has 0 fully saturated rings. The lowest BCUT2D eigenvalue weighted by atomic mass is 10.2. The molecule has 1 heterocycles. The van der Waals surface area contributed by atoms with Gasteiger partial charge in [-0.15, -0.1) is 24.0 Å². The maximum atomic E-state index is 5.20. The van der Waals surface area contributed by atoms with Crippen LogP contribution in [-0.4, -0.2) is 36.5 Å². The molecule has 1 aromatic heterocycles. The third kappa shape index (κ3) is 6.89. The highest BCUT2D eigenvalue weighted by molar-refractivity contribution is 14.0. The Balaban J connectivity index is 0.00000312. The number of aliphatic imine (C=N–C) groups is 1. The van der Waals surface area contributed by atoms with Gasteiger partial charge >= 0.3 is 0 Å². The monoisotopic (exact) mass is 454 g/mol. The van der Waals surface area contributed by atoms with Crippen LogP contribution < -0.4 is 10.1 Å². The second-order valence-corrected chi connectivity index (χ2v) is 5.64. The van der Waals surface area contributed by atoms with Gasteiger partial charge in [-0.1, -0.05) is 18.2 Å². The Kier molecular flexibility index (Phi) is 9.26. The average Bonchev–Trinajstić information content (AvgIpc) is 2.59. The van der Waals surface area contributed by atoms with E-state index < -0.39 is 0 Å². The van der Waals surface area contributed by atoms with Gasteiger partial charge in [0.25, 0.3) is 0 Å². The summed E-state index contributed by atoms with van der Waals surface area (Å²) in [6, 6.07) is 14.1. The zero-order valence-electron chi connectivity index (χ0n) is 15.3. The summed E-state index contributed by atoms with van der Waals surface area (Å²) in [5.74, 6) is 1.74. The Labute approximate surface area is 167 Å². The average molecular weight is 454 g/mol. The molecule has 0 amide bonds. The van der Waals surface area contributed by atoms with Gasteiger partial charge in [0.05, 0.1) is 19.3 Å². The summed E-state index contributed by atoms with van der Waals surface area (Å²) in [5, 5.41) is 3.33. The number of rotatable bonds is 6. The van der Waals surface area contributed by atoms with Crippen molar-refractivity contribution in [3.8, 4) is 5.75 Å². The normalized spacial score (nSPS) is 10.8. The molecule has 0 aliphatic heterocycles. The van der Waals surface area contributed by atoms with E-state index in [2.05, 4.69) is 34.3 Å². The highest BCUT2D eigenvalue weighted by Crippen LogP contribution is 2.12. The molecule has 0 saturated carbocycles. The lowest BCUT2D eigenvalue weighted by molar-refractivity contribution is 0.414. The fourth-order valence-corrected chi connectivity index (χ4v) is 2.39. The van der Waals surface area contributed by atoms with Crippen LogP contribution in [0.1, 0.15) is 23.9 Å². The van der Waals surface area contributed by atoms with Crippen LogP contribution in [0.4, 0.5) is 0 Å². The molecular formula is C19H27IN4O. The van der Waals surface area contributed by atoms with Crippen molar-refractivity contribution in [3.05, 3.63) is 59.4 Å². The summed E-state index contributed by atoms with van der Waals surface area (Å²) in [6.45, 7) is 6.23. The summed E-state index contributed by atoms with van der Waals surface area (Å²) in [7, 11) is 3.71. The Bertz CT molecular complexity index is 673. The molecule has 2 aromatic rings. The van der Waals surface area contributed by atoms with E-state index in [-0.39, 0.29) is 24.0 Å². The summed E-state index contributed by atoms with van der Waals surface area (Å²) in [4.78, 5) is 11.3. The van der Waals surface area contributed by atoms with E-state index >= 15 is 0 Å². The van der Waals surface area contributed by atoms with Gasteiger partial charge in [-0.05, 0) is 43.7 Å². The Morgan fingerprint density at radius 1 is 1.20 bits per heavy atom. The van der Waals surface area contributed by atoms with E-state index in [0.717, 1.165) is 36.2 Å². The Hall–Kier alpha value is -1.83. The molecule has 0 spiro atoms. The zero-order chi connectivity index (χ0) is 17.4. The molecule has 0 radical (unpaired) electrons. The van der Waals surface area contributed by atoms with Gasteiger partial charge in [0.1, 0.15) is 5.75 Å². The van der Waals surface area contributed by atoms with Crippen molar-refractivity contribution in [2.75, 3.05) is 20.7 Å². The molecule has 1 N–H and O–H groups in total. The molecule has 1 aromatic carbocycles. The molecule has 0 aliphatic rings. The maximum absolute atomic E-state index is 5.20. The van der Waals surface area contributed by atoms with Crippen LogP contribution in [-0.2, 0) is 13.1 Å². The van der Waals surface area contributed by atoms with Crippen molar-refractivity contribution in [2.45, 2.75) is 26.9 Å². The van der Waals surface area contributed by atoms with Crippen molar-refractivity contribution in [1.82, 2.24) is 15.2 Å². The van der Waals surface area contributed by atoms with E-state index in [4.69, 9.17) is 9.73 Å². The van der Waals surface area contributed by atoms with Gasteiger partial charge in [0.2, 0.25) is 0 Å². The number of halogens is 1. The SMILES string of the molecule is CCNC(=NCc1cccc(C)n1)N(C)Cc1ccc(OC)cc1.I. The second-order valence-electron chi connectivity index (χ2n) is 5.64. The minimum atomic E-state index is 0. The molecule has 0 saturated heterocycles. The number of aromatic nitrogens is 1. The summed E-state index contributed by atoms with van der Waals surface area (Å²) < 4.78 is 5.20. The topological polar surface area (TPSA) is 49.8 Å². The first-order valence-corrected chi connectivity index (χ1v) is 8.17. The number of benzene rings is 1. The first kappa shape index (κ1) is 21.2. The van der Waals surface area contributed by atoms with Crippen molar-refractivity contribution < 1.29 is 4.74 Å². The molecule has 0 aliphatic carbocycles. The molecule has 6 heteroatoms. The second kappa shape index (κ2) is 10.9.